The Hall–Kier alpha value is -2.61. The van der Waals surface area contributed by atoms with Crippen LogP contribution in [0.1, 0.15) is 18.9 Å². The second-order valence-electron chi connectivity index (χ2n) is 5.67. The monoisotopic (exact) mass is 314 g/mol. The van der Waals surface area contributed by atoms with Gasteiger partial charge in [-0.15, -0.1) is 0 Å². The van der Waals surface area contributed by atoms with E-state index in [0.717, 1.165) is 25.9 Å². The van der Waals surface area contributed by atoms with Crippen molar-refractivity contribution in [3.63, 3.8) is 0 Å². The number of rotatable bonds is 3. The SMILES string of the molecule is O=c1[nH]c(Oc2cnn(C3CCNCC3)c2)nc2c1=CCNC=2. The fourth-order valence-electron chi connectivity index (χ4n) is 2.91. The first kappa shape index (κ1) is 14.0. The number of H-pyrrole nitrogens is 1. The first-order chi connectivity index (χ1) is 11.3. The maximum absolute atomic E-state index is 12.0. The molecule has 0 unspecified atom stereocenters. The van der Waals surface area contributed by atoms with Crippen molar-refractivity contribution in [1.29, 1.82) is 0 Å². The van der Waals surface area contributed by atoms with Gasteiger partial charge in [0.15, 0.2) is 5.75 Å². The van der Waals surface area contributed by atoms with Crippen LogP contribution in [0, 0.1) is 0 Å². The summed E-state index contributed by atoms with van der Waals surface area (Å²) < 4.78 is 7.59. The standard InChI is InChI=1S/C15H18N6O2/c22-14-12-3-6-17-8-13(12)19-15(20-14)23-11-7-18-21(9-11)10-1-4-16-5-2-10/h3,7-10,16-17H,1-2,4-6H2,(H,19,20,22). The van der Waals surface area contributed by atoms with E-state index < -0.39 is 0 Å². The van der Waals surface area contributed by atoms with Crippen LogP contribution in [0.15, 0.2) is 17.2 Å². The normalized spacial score (nSPS) is 17.6. The molecular weight excluding hydrogens is 296 g/mol. The predicted octanol–water partition coefficient (Wildman–Crippen LogP) is -1.20. The molecule has 0 aliphatic carbocycles. The molecule has 2 aliphatic rings. The van der Waals surface area contributed by atoms with Gasteiger partial charge in [-0.2, -0.15) is 10.1 Å². The Balaban J connectivity index is 1.58. The highest BCUT2D eigenvalue weighted by atomic mass is 16.5. The molecule has 4 rings (SSSR count). The van der Waals surface area contributed by atoms with E-state index in [1.807, 2.05) is 10.9 Å². The molecule has 120 valence electrons. The number of ether oxygens (including phenoxy) is 1. The molecule has 0 aromatic carbocycles. The molecule has 8 nitrogen and oxygen atoms in total. The first-order valence-corrected chi connectivity index (χ1v) is 7.76. The van der Waals surface area contributed by atoms with Crippen LogP contribution in [0.5, 0.6) is 11.8 Å². The van der Waals surface area contributed by atoms with Crippen molar-refractivity contribution in [1.82, 2.24) is 30.4 Å². The maximum Gasteiger partial charge on any atom is 0.302 e. The fourth-order valence-corrected chi connectivity index (χ4v) is 2.91. The molecule has 0 spiro atoms. The van der Waals surface area contributed by atoms with Gasteiger partial charge in [0.2, 0.25) is 0 Å². The van der Waals surface area contributed by atoms with Crippen LogP contribution in [0.4, 0.5) is 0 Å². The predicted molar refractivity (Wildman–Crippen MR) is 84.5 cm³/mol. The van der Waals surface area contributed by atoms with Gasteiger partial charge in [-0.25, -0.2) is 0 Å². The molecule has 0 saturated carbocycles. The Morgan fingerprint density at radius 2 is 2.17 bits per heavy atom. The van der Waals surface area contributed by atoms with Gasteiger partial charge >= 0.3 is 6.01 Å². The van der Waals surface area contributed by atoms with Crippen molar-refractivity contribution in [3.05, 3.63) is 33.3 Å². The van der Waals surface area contributed by atoms with E-state index in [2.05, 4.69) is 25.7 Å². The molecule has 0 bridgehead atoms. The molecule has 2 aromatic heterocycles. The highest BCUT2D eigenvalue weighted by Crippen LogP contribution is 2.22. The number of aromatic amines is 1. The fraction of sp³-hybridized carbons (Fsp3) is 0.400. The zero-order valence-corrected chi connectivity index (χ0v) is 12.6. The Bertz CT molecular complexity index is 878. The first-order valence-electron chi connectivity index (χ1n) is 7.76. The Kier molecular flexibility index (Phi) is 3.58. The smallest absolute Gasteiger partial charge is 0.302 e. The van der Waals surface area contributed by atoms with E-state index in [1.54, 1.807) is 18.5 Å². The summed E-state index contributed by atoms with van der Waals surface area (Å²) in [7, 11) is 0. The second kappa shape index (κ2) is 5.88. The minimum Gasteiger partial charge on any atom is -0.422 e. The van der Waals surface area contributed by atoms with Crippen LogP contribution in [-0.4, -0.2) is 39.4 Å². The van der Waals surface area contributed by atoms with E-state index in [1.165, 1.54) is 0 Å². The molecular formula is C15H18N6O2. The highest BCUT2D eigenvalue weighted by molar-refractivity contribution is 5.35. The average molecular weight is 314 g/mol. The lowest BCUT2D eigenvalue weighted by atomic mass is 10.1. The van der Waals surface area contributed by atoms with Crippen LogP contribution >= 0.6 is 0 Å². The molecule has 0 radical (unpaired) electrons. The average Bonchev–Trinajstić information content (AvgIpc) is 3.04. The molecule has 4 heterocycles. The van der Waals surface area contributed by atoms with Crippen LogP contribution in [-0.2, 0) is 0 Å². The summed E-state index contributed by atoms with van der Waals surface area (Å²) in [5.74, 6) is 0.569. The lowest BCUT2D eigenvalue weighted by Crippen LogP contribution is -2.46. The topological polar surface area (TPSA) is 96.9 Å². The van der Waals surface area contributed by atoms with Crippen LogP contribution in [0.3, 0.4) is 0 Å². The largest absolute Gasteiger partial charge is 0.422 e. The summed E-state index contributed by atoms with van der Waals surface area (Å²) in [6.45, 7) is 2.63. The summed E-state index contributed by atoms with van der Waals surface area (Å²) in [6.07, 6.45) is 9.12. The summed E-state index contributed by atoms with van der Waals surface area (Å²) in [5.41, 5.74) is -0.200. The number of fused-ring (bicyclic) bond motifs is 1. The van der Waals surface area contributed by atoms with Gasteiger partial charge in [-0.1, -0.05) is 6.08 Å². The van der Waals surface area contributed by atoms with E-state index >= 15 is 0 Å². The quantitative estimate of drug-likeness (QED) is 0.659. The van der Waals surface area contributed by atoms with Crippen molar-refractivity contribution in [2.24, 2.45) is 0 Å². The van der Waals surface area contributed by atoms with Gasteiger partial charge in [-0.05, 0) is 25.9 Å². The lowest BCUT2D eigenvalue weighted by molar-refractivity contribution is 0.341. The molecule has 8 heteroatoms. The molecule has 2 aliphatic heterocycles. The number of hydrogen-bond acceptors (Lipinski definition) is 6. The zero-order valence-electron chi connectivity index (χ0n) is 12.6. The van der Waals surface area contributed by atoms with Gasteiger partial charge in [0.1, 0.15) is 0 Å². The van der Waals surface area contributed by atoms with Crippen molar-refractivity contribution < 1.29 is 4.74 Å². The van der Waals surface area contributed by atoms with Crippen molar-refractivity contribution in [3.8, 4) is 11.8 Å². The van der Waals surface area contributed by atoms with Crippen molar-refractivity contribution in [2.75, 3.05) is 19.6 Å². The van der Waals surface area contributed by atoms with Crippen molar-refractivity contribution in [2.45, 2.75) is 18.9 Å². The Labute approximate surface area is 131 Å². The third-order valence-corrected chi connectivity index (χ3v) is 4.10. The van der Waals surface area contributed by atoms with Gasteiger partial charge in [0, 0.05) is 12.7 Å². The number of nitrogens with one attached hydrogen (secondary N) is 3. The molecule has 23 heavy (non-hydrogen) atoms. The highest BCUT2D eigenvalue weighted by Gasteiger charge is 2.16. The molecule has 2 aromatic rings. The molecule has 1 saturated heterocycles. The molecule has 3 N–H and O–H groups in total. The number of nitrogens with zero attached hydrogens (tertiary/aromatic N) is 3. The summed E-state index contributed by atoms with van der Waals surface area (Å²) in [6, 6.07) is 0.559. The number of aromatic nitrogens is 4. The Morgan fingerprint density at radius 1 is 1.30 bits per heavy atom. The van der Waals surface area contributed by atoms with Crippen molar-refractivity contribution >= 4 is 12.3 Å². The zero-order chi connectivity index (χ0) is 15.6. The van der Waals surface area contributed by atoms with Crippen LogP contribution in [0.25, 0.3) is 12.3 Å². The van der Waals surface area contributed by atoms with Gasteiger partial charge in [0.25, 0.3) is 5.56 Å². The van der Waals surface area contributed by atoms with Gasteiger partial charge < -0.3 is 15.4 Å². The minimum atomic E-state index is -0.200. The van der Waals surface area contributed by atoms with E-state index in [-0.39, 0.29) is 11.6 Å². The third kappa shape index (κ3) is 2.85. The lowest BCUT2D eigenvalue weighted by Gasteiger charge is -2.22. The van der Waals surface area contributed by atoms with Gasteiger partial charge in [0.05, 0.1) is 29.0 Å². The molecule has 0 atom stereocenters. The minimum absolute atomic E-state index is 0.173. The number of hydrogen-bond donors (Lipinski definition) is 3. The number of piperidine rings is 1. The molecule has 0 amide bonds. The Morgan fingerprint density at radius 3 is 3.04 bits per heavy atom. The van der Waals surface area contributed by atoms with E-state index in [9.17, 15) is 4.79 Å². The van der Waals surface area contributed by atoms with Gasteiger partial charge in [-0.3, -0.25) is 14.5 Å². The third-order valence-electron chi connectivity index (χ3n) is 4.10. The van der Waals surface area contributed by atoms with Crippen LogP contribution < -0.4 is 31.5 Å². The second-order valence-corrected chi connectivity index (χ2v) is 5.67. The summed E-state index contributed by atoms with van der Waals surface area (Å²) in [4.78, 5) is 19.0. The van der Waals surface area contributed by atoms with E-state index in [4.69, 9.17) is 4.74 Å². The summed E-state index contributed by atoms with van der Waals surface area (Å²) in [5, 5.41) is 11.9. The summed E-state index contributed by atoms with van der Waals surface area (Å²) >= 11 is 0. The van der Waals surface area contributed by atoms with E-state index in [0.29, 0.717) is 28.9 Å². The molecule has 1 fully saturated rings. The van der Waals surface area contributed by atoms with Crippen LogP contribution in [0.2, 0.25) is 0 Å². The maximum atomic E-state index is 12.0.